The third-order valence-electron chi connectivity index (χ3n) is 4.41. The normalized spacial score (nSPS) is 17.2. The van der Waals surface area contributed by atoms with Crippen LogP contribution in [-0.4, -0.2) is 31.4 Å². The van der Waals surface area contributed by atoms with Gasteiger partial charge in [0, 0.05) is 23.3 Å². The van der Waals surface area contributed by atoms with Crippen LogP contribution >= 0.6 is 11.6 Å². The number of halogens is 1. The molecule has 0 spiro atoms. The van der Waals surface area contributed by atoms with Gasteiger partial charge in [-0.25, -0.2) is 0 Å². The summed E-state index contributed by atoms with van der Waals surface area (Å²) >= 11 is 5.91. The molecule has 0 aromatic heterocycles. The molecule has 2 aromatic rings. The van der Waals surface area contributed by atoms with Crippen molar-refractivity contribution in [3.05, 3.63) is 64.7 Å². The largest absolute Gasteiger partial charge is 0.312 e. The van der Waals surface area contributed by atoms with Crippen LogP contribution in [0.4, 0.5) is 5.69 Å². The van der Waals surface area contributed by atoms with Gasteiger partial charge in [-0.2, -0.15) is 0 Å². The Morgan fingerprint density at radius 3 is 2.57 bits per heavy atom. The van der Waals surface area contributed by atoms with Gasteiger partial charge in [-0.05, 0) is 49.8 Å². The zero-order chi connectivity index (χ0) is 16.4. The molecular weight excluding hydrogens is 308 g/mol. The average molecular weight is 329 g/mol. The molecule has 1 aliphatic heterocycles. The molecule has 23 heavy (non-hydrogen) atoms. The summed E-state index contributed by atoms with van der Waals surface area (Å²) in [5.41, 5.74) is 3.26. The van der Waals surface area contributed by atoms with Crippen LogP contribution in [0.3, 0.4) is 0 Å². The van der Waals surface area contributed by atoms with Crippen molar-refractivity contribution in [2.24, 2.45) is 0 Å². The van der Waals surface area contributed by atoms with Crippen molar-refractivity contribution in [1.29, 1.82) is 0 Å². The molecule has 0 N–H and O–H groups in total. The molecule has 2 aromatic carbocycles. The first-order valence-electron chi connectivity index (χ1n) is 7.86. The predicted octanol–water partition coefficient (Wildman–Crippen LogP) is 3.92. The molecule has 0 saturated carbocycles. The summed E-state index contributed by atoms with van der Waals surface area (Å²) in [4.78, 5) is 16.9. The third-order valence-corrected chi connectivity index (χ3v) is 4.66. The molecule has 0 fully saturated rings. The minimum atomic E-state index is 0.136. The van der Waals surface area contributed by atoms with Gasteiger partial charge in [0.15, 0.2) is 0 Å². The Balaban J connectivity index is 1.84. The standard InChI is InChI=1S/C19H21ClN2O/c1-21(2)17-11-12-22(18-6-4-3-5-16(17)18)19(23)13-14-7-9-15(20)10-8-14/h3-10,17H,11-13H2,1-2H3. The second-order valence-electron chi connectivity index (χ2n) is 6.18. The van der Waals surface area contributed by atoms with Crippen LogP contribution in [0.25, 0.3) is 0 Å². The van der Waals surface area contributed by atoms with Gasteiger partial charge in [0.2, 0.25) is 5.91 Å². The fourth-order valence-electron chi connectivity index (χ4n) is 3.21. The Hall–Kier alpha value is -1.84. The maximum atomic E-state index is 12.8. The number of fused-ring (bicyclic) bond motifs is 1. The van der Waals surface area contributed by atoms with E-state index in [0.29, 0.717) is 17.5 Å². The van der Waals surface area contributed by atoms with Crippen LogP contribution in [-0.2, 0) is 11.2 Å². The zero-order valence-corrected chi connectivity index (χ0v) is 14.3. The summed E-state index contributed by atoms with van der Waals surface area (Å²) in [6.45, 7) is 0.756. The first-order chi connectivity index (χ1) is 11.1. The van der Waals surface area contributed by atoms with Crippen molar-refractivity contribution in [1.82, 2.24) is 4.90 Å². The van der Waals surface area contributed by atoms with Crippen molar-refractivity contribution in [2.75, 3.05) is 25.5 Å². The van der Waals surface area contributed by atoms with Crippen molar-refractivity contribution >= 4 is 23.2 Å². The van der Waals surface area contributed by atoms with E-state index in [2.05, 4.69) is 25.1 Å². The van der Waals surface area contributed by atoms with Gasteiger partial charge in [-0.1, -0.05) is 41.9 Å². The fraction of sp³-hybridized carbons (Fsp3) is 0.316. The Morgan fingerprint density at radius 2 is 1.87 bits per heavy atom. The van der Waals surface area contributed by atoms with Crippen molar-refractivity contribution < 1.29 is 4.79 Å². The molecule has 3 nitrogen and oxygen atoms in total. The molecule has 120 valence electrons. The van der Waals surface area contributed by atoms with E-state index in [9.17, 15) is 4.79 Å². The summed E-state index contributed by atoms with van der Waals surface area (Å²) in [5.74, 6) is 0.136. The summed E-state index contributed by atoms with van der Waals surface area (Å²) < 4.78 is 0. The number of hydrogen-bond donors (Lipinski definition) is 0. The summed E-state index contributed by atoms with van der Waals surface area (Å²) in [6, 6.07) is 16.1. The molecule has 0 radical (unpaired) electrons. The van der Waals surface area contributed by atoms with Crippen LogP contribution < -0.4 is 4.90 Å². The van der Waals surface area contributed by atoms with Gasteiger partial charge < -0.3 is 9.80 Å². The topological polar surface area (TPSA) is 23.6 Å². The summed E-state index contributed by atoms with van der Waals surface area (Å²) in [5, 5.41) is 0.693. The molecule has 0 saturated heterocycles. The average Bonchev–Trinajstić information content (AvgIpc) is 2.55. The quantitative estimate of drug-likeness (QED) is 0.852. The van der Waals surface area contributed by atoms with E-state index in [0.717, 1.165) is 24.2 Å². The molecule has 0 bridgehead atoms. The van der Waals surface area contributed by atoms with E-state index in [1.165, 1.54) is 5.56 Å². The van der Waals surface area contributed by atoms with E-state index in [-0.39, 0.29) is 5.91 Å². The van der Waals surface area contributed by atoms with Crippen LogP contribution in [0.1, 0.15) is 23.6 Å². The van der Waals surface area contributed by atoms with E-state index in [1.54, 1.807) is 0 Å². The van der Waals surface area contributed by atoms with E-state index in [1.807, 2.05) is 47.4 Å². The minimum Gasteiger partial charge on any atom is -0.312 e. The van der Waals surface area contributed by atoms with Crippen molar-refractivity contribution in [3.8, 4) is 0 Å². The maximum Gasteiger partial charge on any atom is 0.231 e. The Morgan fingerprint density at radius 1 is 1.17 bits per heavy atom. The van der Waals surface area contributed by atoms with Gasteiger partial charge in [0.05, 0.1) is 6.42 Å². The van der Waals surface area contributed by atoms with E-state index < -0.39 is 0 Å². The number of rotatable bonds is 3. The highest BCUT2D eigenvalue weighted by Gasteiger charge is 2.29. The Bertz CT molecular complexity index is 697. The number of benzene rings is 2. The molecule has 1 aliphatic rings. The van der Waals surface area contributed by atoms with Gasteiger partial charge in [-0.3, -0.25) is 4.79 Å². The number of hydrogen-bond acceptors (Lipinski definition) is 2. The minimum absolute atomic E-state index is 0.136. The number of carbonyl (C=O) groups is 1. The molecular formula is C19H21ClN2O. The molecule has 3 rings (SSSR count). The second-order valence-corrected chi connectivity index (χ2v) is 6.61. The first-order valence-corrected chi connectivity index (χ1v) is 8.24. The predicted molar refractivity (Wildman–Crippen MR) is 95.0 cm³/mol. The number of anilines is 1. The lowest BCUT2D eigenvalue weighted by atomic mass is 9.95. The molecule has 4 heteroatoms. The third kappa shape index (κ3) is 3.41. The van der Waals surface area contributed by atoms with Gasteiger partial charge in [-0.15, -0.1) is 0 Å². The van der Waals surface area contributed by atoms with E-state index in [4.69, 9.17) is 11.6 Å². The Labute approximate surface area is 142 Å². The van der Waals surface area contributed by atoms with Gasteiger partial charge in [0.1, 0.15) is 0 Å². The second kappa shape index (κ2) is 6.73. The first kappa shape index (κ1) is 16.0. The number of nitrogens with zero attached hydrogens (tertiary/aromatic N) is 2. The zero-order valence-electron chi connectivity index (χ0n) is 13.5. The smallest absolute Gasteiger partial charge is 0.231 e. The van der Waals surface area contributed by atoms with Crippen molar-refractivity contribution in [3.63, 3.8) is 0 Å². The van der Waals surface area contributed by atoms with Crippen molar-refractivity contribution in [2.45, 2.75) is 18.9 Å². The van der Waals surface area contributed by atoms with Gasteiger partial charge in [0.25, 0.3) is 0 Å². The molecule has 1 heterocycles. The lowest BCUT2D eigenvalue weighted by Gasteiger charge is -2.37. The molecule has 0 aliphatic carbocycles. The molecule has 1 unspecified atom stereocenters. The highest BCUT2D eigenvalue weighted by atomic mass is 35.5. The van der Waals surface area contributed by atoms with Gasteiger partial charge >= 0.3 is 0 Å². The number of para-hydroxylation sites is 1. The van der Waals surface area contributed by atoms with Crippen LogP contribution in [0.5, 0.6) is 0 Å². The highest BCUT2D eigenvalue weighted by Crippen LogP contribution is 2.36. The summed E-state index contributed by atoms with van der Waals surface area (Å²) in [6.07, 6.45) is 1.36. The summed E-state index contributed by atoms with van der Waals surface area (Å²) in [7, 11) is 4.18. The maximum absolute atomic E-state index is 12.8. The van der Waals surface area contributed by atoms with Crippen LogP contribution in [0, 0.1) is 0 Å². The number of carbonyl (C=O) groups excluding carboxylic acids is 1. The Kier molecular flexibility index (Phi) is 4.69. The molecule has 1 amide bonds. The van der Waals surface area contributed by atoms with Crippen LogP contribution in [0.15, 0.2) is 48.5 Å². The lowest BCUT2D eigenvalue weighted by molar-refractivity contribution is -0.118. The van der Waals surface area contributed by atoms with E-state index >= 15 is 0 Å². The highest BCUT2D eigenvalue weighted by molar-refractivity contribution is 6.30. The van der Waals surface area contributed by atoms with Crippen LogP contribution in [0.2, 0.25) is 5.02 Å². The number of amides is 1. The molecule has 1 atom stereocenters. The fourth-order valence-corrected chi connectivity index (χ4v) is 3.34. The SMILES string of the molecule is CN(C)C1CCN(C(=O)Cc2ccc(Cl)cc2)c2ccccc21. The monoisotopic (exact) mass is 328 g/mol. The lowest BCUT2D eigenvalue weighted by Crippen LogP contribution is -2.40.